The minimum atomic E-state index is -0.808. The number of carbonyl (C=O) groups is 1. The van der Waals surface area contributed by atoms with Crippen molar-refractivity contribution in [3.05, 3.63) is 29.6 Å². The summed E-state index contributed by atoms with van der Waals surface area (Å²) < 4.78 is 22.5. The Balaban J connectivity index is 2.75. The molecule has 0 aliphatic carbocycles. The van der Waals surface area contributed by atoms with E-state index in [1.54, 1.807) is 6.07 Å². The normalized spacial score (nSPS) is 12.0. The molecule has 5 heteroatoms. The van der Waals surface area contributed by atoms with Gasteiger partial charge in [0.25, 0.3) is 0 Å². The summed E-state index contributed by atoms with van der Waals surface area (Å²) in [6.07, 6.45) is 0.217. The molecule has 0 aromatic heterocycles. The zero-order valence-electron chi connectivity index (χ0n) is 9.00. The molecule has 16 heavy (non-hydrogen) atoms. The molecule has 1 aromatic rings. The average molecular weight is 247 g/mol. The SMILES string of the molecule is COC(=O)C(Cl)Cc1ccc(OC)c(F)c1. The number of hydrogen-bond acceptors (Lipinski definition) is 3. The molecule has 0 heterocycles. The predicted octanol–water partition coefficient (Wildman–Crippen LogP) is 2.16. The molecule has 0 saturated heterocycles. The van der Waals surface area contributed by atoms with E-state index >= 15 is 0 Å². The molecule has 0 aliphatic rings. The molecule has 88 valence electrons. The third kappa shape index (κ3) is 3.10. The van der Waals surface area contributed by atoms with Crippen molar-refractivity contribution in [3.8, 4) is 5.75 Å². The molecule has 0 saturated carbocycles. The minimum Gasteiger partial charge on any atom is -0.494 e. The zero-order valence-corrected chi connectivity index (χ0v) is 9.75. The maximum absolute atomic E-state index is 13.3. The summed E-state index contributed by atoms with van der Waals surface area (Å²) in [5.41, 5.74) is 0.615. The lowest BCUT2D eigenvalue weighted by Crippen LogP contribution is -2.18. The van der Waals surface area contributed by atoms with Crippen LogP contribution < -0.4 is 4.74 Å². The lowest BCUT2D eigenvalue weighted by Gasteiger charge is -2.08. The summed E-state index contributed by atoms with van der Waals surface area (Å²) in [7, 11) is 2.64. The van der Waals surface area contributed by atoms with Crippen LogP contribution in [0.1, 0.15) is 5.56 Å². The summed E-state index contributed by atoms with van der Waals surface area (Å²) in [6, 6.07) is 4.43. The Hall–Kier alpha value is -1.29. The first-order valence-corrected chi connectivity index (χ1v) is 5.06. The average Bonchev–Trinajstić information content (AvgIpc) is 2.28. The van der Waals surface area contributed by atoms with Crippen LogP contribution in [0.25, 0.3) is 0 Å². The monoisotopic (exact) mass is 246 g/mol. The fourth-order valence-corrected chi connectivity index (χ4v) is 1.52. The van der Waals surface area contributed by atoms with Gasteiger partial charge >= 0.3 is 5.97 Å². The molecule has 0 bridgehead atoms. The van der Waals surface area contributed by atoms with Crippen molar-refractivity contribution in [1.82, 2.24) is 0 Å². The zero-order chi connectivity index (χ0) is 12.1. The van der Waals surface area contributed by atoms with Gasteiger partial charge in [-0.2, -0.15) is 0 Å². The maximum atomic E-state index is 13.3. The number of carbonyl (C=O) groups excluding carboxylic acids is 1. The van der Waals surface area contributed by atoms with Crippen LogP contribution in [0.4, 0.5) is 4.39 Å². The number of alkyl halides is 1. The quantitative estimate of drug-likeness (QED) is 0.603. The number of methoxy groups -OCH3 is 2. The van der Waals surface area contributed by atoms with Gasteiger partial charge in [-0.05, 0) is 24.1 Å². The van der Waals surface area contributed by atoms with Crippen molar-refractivity contribution >= 4 is 17.6 Å². The van der Waals surface area contributed by atoms with Gasteiger partial charge < -0.3 is 9.47 Å². The summed E-state index contributed by atoms with van der Waals surface area (Å²) in [5, 5.41) is -0.808. The Kier molecular flexibility index (Phi) is 4.55. The molecule has 0 radical (unpaired) electrons. The smallest absolute Gasteiger partial charge is 0.324 e. The van der Waals surface area contributed by atoms with Crippen LogP contribution >= 0.6 is 11.6 Å². The van der Waals surface area contributed by atoms with Crippen molar-refractivity contribution in [3.63, 3.8) is 0 Å². The van der Waals surface area contributed by atoms with Crippen LogP contribution in [0.3, 0.4) is 0 Å². The molecule has 0 amide bonds. The van der Waals surface area contributed by atoms with Crippen LogP contribution in [0.5, 0.6) is 5.75 Å². The number of esters is 1. The van der Waals surface area contributed by atoms with Crippen LogP contribution in [-0.2, 0) is 16.0 Å². The van der Waals surface area contributed by atoms with Gasteiger partial charge in [-0.1, -0.05) is 6.07 Å². The molecule has 1 rings (SSSR count). The first-order chi connectivity index (χ1) is 7.58. The van der Waals surface area contributed by atoms with Crippen molar-refractivity contribution < 1.29 is 18.7 Å². The van der Waals surface area contributed by atoms with E-state index in [0.29, 0.717) is 5.56 Å². The highest BCUT2D eigenvalue weighted by Crippen LogP contribution is 2.19. The second kappa shape index (κ2) is 5.70. The van der Waals surface area contributed by atoms with Crippen LogP contribution in [-0.4, -0.2) is 25.6 Å². The van der Waals surface area contributed by atoms with E-state index in [1.165, 1.54) is 26.4 Å². The number of benzene rings is 1. The predicted molar refractivity (Wildman–Crippen MR) is 58.3 cm³/mol. The fraction of sp³-hybridized carbons (Fsp3) is 0.364. The number of hydrogen-bond donors (Lipinski definition) is 0. The Morgan fingerprint density at radius 1 is 1.50 bits per heavy atom. The van der Waals surface area contributed by atoms with E-state index < -0.39 is 17.2 Å². The first-order valence-electron chi connectivity index (χ1n) is 4.62. The molecule has 0 aliphatic heterocycles. The van der Waals surface area contributed by atoms with Crippen molar-refractivity contribution in [2.24, 2.45) is 0 Å². The Labute approximate surface area is 98.1 Å². The minimum absolute atomic E-state index is 0.160. The van der Waals surface area contributed by atoms with Gasteiger partial charge in [-0.15, -0.1) is 11.6 Å². The van der Waals surface area contributed by atoms with Gasteiger partial charge in [0.05, 0.1) is 14.2 Å². The van der Waals surface area contributed by atoms with Crippen molar-refractivity contribution in [1.29, 1.82) is 0 Å². The van der Waals surface area contributed by atoms with E-state index in [0.717, 1.165) is 0 Å². The van der Waals surface area contributed by atoms with Gasteiger partial charge in [0.1, 0.15) is 5.38 Å². The summed E-state index contributed by atoms with van der Waals surface area (Å²) in [6.45, 7) is 0. The van der Waals surface area contributed by atoms with Crippen LogP contribution in [0, 0.1) is 5.82 Å². The topological polar surface area (TPSA) is 35.5 Å². The molecule has 1 atom stereocenters. The van der Waals surface area contributed by atoms with Gasteiger partial charge in [0.2, 0.25) is 0 Å². The lowest BCUT2D eigenvalue weighted by atomic mass is 10.1. The molecule has 0 spiro atoms. The maximum Gasteiger partial charge on any atom is 0.324 e. The number of rotatable bonds is 4. The van der Waals surface area contributed by atoms with Gasteiger partial charge in [0.15, 0.2) is 11.6 Å². The second-order valence-electron chi connectivity index (χ2n) is 3.16. The molecule has 0 fully saturated rings. The summed E-state index contributed by atoms with van der Waals surface area (Å²) in [5.74, 6) is -0.848. The number of ether oxygens (including phenoxy) is 2. The van der Waals surface area contributed by atoms with Crippen LogP contribution in [0.15, 0.2) is 18.2 Å². The molecule has 0 N–H and O–H groups in total. The van der Waals surface area contributed by atoms with E-state index in [4.69, 9.17) is 16.3 Å². The van der Waals surface area contributed by atoms with E-state index in [1.807, 2.05) is 0 Å². The largest absolute Gasteiger partial charge is 0.494 e. The summed E-state index contributed by atoms with van der Waals surface area (Å²) in [4.78, 5) is 11.1. The number of halogens is 2. The van der Waals surface area contributed by atoms with E-state index in [2.05, 4.69) is 4.74 Å². The van der Waals surface area contributed by atoms with Crippen LogP contribution in [0.2, 0.25) is 0 Å². The molecule has 1 aromatic carbocycles. The van der Waals surface area contributed by atoms with E-state index in [9.17, 15) is 9.18 Å². The standard InChI is InChI=1S/C11H12ClFO3/c1-15-10-4-3-7(6-9(10)13)5-8(12)11(14)16-2/h3-4,6,8H,5H2,1-2H3. The van der Waals surface area contributed by atoms with E-state index in [-0.39, 0.29) is 12.2 Å². The highest BCUT2D eigenvalue weighted by Gasteiger charge is 2.17. The van der Waals surface area contributed by atoms with Gasteiger partial charge in [0, 0.05) is 0 Å². The molecule has 3 nitrogen and oxygen atoms in total. The van der Waals surface area contributed by atoms with Gasteiger partial charge in [-0.3, -0.25) is 4.79 Å². The molecular formula is C11H12ClFO3. The second-order valence-corrected chi connectivity index (χ2v) is 3.69. The molecule has 1 unspecified atom stereocenters. The highest BCUT2D eigenvalue weighted by molar-refractivity contribution is 6.30. The lowest BCUT2D eigenvalue weighted by molar-refractivity contribution is -0.140. The first kappa shape index (κ1) is 12.8. The fourth-order valence-electron chi connectivity index (χ4n) is 1.26. The van der Waals surface area contributed by atoms with Crippen molar-refractivity contribution in [2.45, 2.75) is 11.8 Å². The third-order valence-electron chi connectivity index (χ3n) is 2.09. The van der Waals surface area contributed by atoms with Crippen molar-refractivity contribution in [2.75, 3.05) is 14.2 Å². The Bertz CT molecular complexity index is 381. The molecular weight excluding hydrogens is 235 g/mol. The van der Waals surface area contributed by atoms with Gasteiger partial charge in [-0.25, -0.2) is 4.39 Å². The highest BCUT2D eigenvalue weighted by atomic mass is 35.5. The summed E-state index contributed by atoms with van der Waals surface area (Å²) >= 11 is 5.76. The Morgan fingerprint density at radius 2 is 2.19 bits per heavy atom. The Morgan fingerprint density at radius 3 is 2.69 bits per heavy atom. The third-order valence-corrected chi connectivity index (χ3v) is 2.42.